The summed E-state index contributed by atoms with van der Waals surface area (Å²) < 4.78 is 10.7. The minimum Gasteiger partial charge on any atom is -0.462 e. The number of allylic oxidation sites excluding steroid dienone is 5. The fourth-order valence-electron chi connectivity index (χ4n) is 3.06. The highest BCUT2D eigenvalue weighted by Gasteiger charge is 2.31. The molecule has 158 valence electrons. The molecule has 4 heteroatoms. The SMILES string of the molecule is CCCCCCC1(C=C(C(=O)OCC(C)C)C(=O)OCC(C)C)C=CC=CC1. The van der Waals surface area contributed by atoms with Crippen LogP contribution in [0.3, 0.4) is 0 Å². The second-order valence-corrected chi connectivity index (χ2v) is 8.58. The van der Waals surface area contributed by atoms with Crippen LogP contribution in [0.25, 0.3) is 0 Å². The van der Waals surface area contributed by atoms with Gasteiger partial charge in [0.05, 0.1) is 13.2 Å². The van der Waals surface area contributed by atoms with E-state index < -0.39 is 11.9 Å². The molecule has 1 unspecified atom stereocenters. The number of rotatable bonds is 12. The minimum atomic E-state index is -0.585. The Bertz CT molecular complexity index is 557. The van der Waals surface area contributed by atoms with Gasteiger partial charge in [0.1, 0.15) is 5.57 Å². The highest BCUT2D eigenvalue weighted by atomic mass is 16.6. The Morgan fingerprint density at radius 1 is 0.964 bits per heavy atom. The zero-order valence-electron chi connectivity index (χ0n) is 18.3. The molecule has 0 saturated heterocycles. The van der Waals surface area contributed by atoms with Gasteiger partial charge in [-0.1, -0.05) is 90.7 Å². The van der Waals surface area contributed by atoms with Crippen LogP contribution in [0, 0.1) is 17.3 Å². The molecule has 1 aliphatic carbocycles. The maximum atomic E-state index is 12.7. The van der Waals surface area contributed by atoms with Gasteiger partial charge in [-0.25, -0.2) is 9.59 Å². The molecular formula is C24H38O4. The Hall–Kier alpha value is -1.84. The van der Waals surface area contributed by atoms with Crippen molar-refractivity contribution in [2.24, 2.45) is 17.3 Å². The van der Waals surface area contributed by atoms with E-state index in [-0.39, 0.29) is 36.0 Å². The molecule has 0 aliphatic heterocycles. The summed E-state index contributed by atoms with van der Waals surface area (Å²) in [5.41, 5.74) is -0.317. The summed E-state index contributed by atoms with van der Waals surface area (Å²) in [5.74, 6) is -0.758. The molecule has 0 fully saturated rings. The van der Waals surface area contributed by atoms with Gasteiger partial charge in [-0.2, -0.15) is 0 Å². The van der Waals surface area contributed by atoms with Gasteiger partial charge in [-0.15, -0.1) is 0 Å². The molecule has 1 rings (SSSR count). The topological polar surface area (TPSA) is 52.6 Å². The molecule has 0 saturated carbocycles. The lowest BCUT2D eigenvalue weighted by Crippen LogP contribution is -2.25. The van der Waals surface area contributed by atoms with Gasteiger partial charge in [0.15, 0.2) is 0 Å². The summed E-state index contributed by atoms with van der Waals surface area (Å²) in [6.45, 7) is 10.6. The summed E-state index contributed by atoms with van der Waals surface area (Å²) >= 11 is 0. The average Bonchev–Trinajstić information content (AvgIpc) is 2.66. The van der Waals surface area contributed by atoms with E-state index in [9.17, 15) is 9.59 Å². The predicted molar refractivity (Wildman–Crippen MR) is 114 cm³/mol. The van der Waals surface area contributed by atoms with Crippen LogP contribution in [0.4, 0.5) is 0 Å². The van der Waals surface area contributed by atoms with Gasteiger partial charge >= 0.3 is 11.9 Å². The van der Waals surface area contributed by atoms with E-state index >= 15 is 0 Å². The van der Waals surface area contributed by atoms with Crippen LogP contribution in [0.15, 0.2) is 36.0 Å². The fraction of sp³-hybridized carbons (Fsp3) is 0.667. The van der Waals surface area contributed by atoms with Gasteiger partial charge < -0.3 is 9.47 Å². The molecule has 1 aliphatic rings. The number of hydrogen-bond acceptors (Lipinski definition) is 4. The molecular weight excluding hydrogens is 352 g/mol. The van der Waals surface area contributed by atoms with Crippen molar-refractivity contribution in [1.29, 1.82) is 0 Å². The molecule has 0 amide bonds. The summed E-state index contributed by atoms with van der Waals surface area (Å²) in [5, 5.41) is 0. The second kappa shape index (κ2) is 12.6. The highest BCUT2D eigenvalue weighted by molar-refractivity contribution is 6.14. The zero-order chi connectivity index (χ0) is 21.0. The molecule has 0 radical (unpaired) electrons. The standard InChI is InChI=1S/C24H38O4/c1-6-7-8-10-13-24(14-11-9-12-15-24)16-21(22(25)27-17-19(2)3)23(26)28-18-20(4)5/h9,11-12,14,16,19-20H,6-8,10,13,15,17-18H2,1-5H3. The van der Waals surface area contributed by atoms with Crippen molar-refractivity contribution in [3.05, 3.63) is 36.0 Å². The fourth-order valence-corrected chi connectivity index (χ4v) is 3.06. The Morgan fingerprint density at radius 2 is 1.57 bits per heavy atom. The summed E-state index contributed by atoms with van der Waals surface area (Å²) in [7, 11) is 0. The van der Waals surface area contributed by atoms with E-state index in [0.717, 1.165) is 25.7 Å². The van der Waals surface area contributed by atoms with E-state index in [2.05, 4.69) is 19.1 Å². The third kappa shape index (κ3) is 8.90. The van der Waals surface area contributed by atoms with Crippen molar-refractivity contribution in [3.8, 4) is 0 Å². The first-order valence-corrected chi connectivity index (χ1v) is 10.7. The quantitative estimate of drug-likeness (QED) is 0.139. The first-order valence-electron chi connectivity index (χ1n) is 10.7. The first-order chi connectivity index (χ1) is 13.3. The van der Waals surface area contributed by atoms with Crippen molar-refractivity contribution in [2.45, 2.75) is 73.1 Å². The number of ether oxygens (including phenoxy) is 2. The van der Waals surface area contributed by atoms with E-state index in [1.54, 1.807) is 6.08 Å². The van der Waals surface area contributed by atoms with Crippen molar-refractivity contribution >= 4 is 11.9 Å². The Balaban J connectivity index is 3.08. The Morgan fingerprint density at radius 3 is 2.04 bits per heavy atom. The van der Waals surface area contributed by atoms with Crippen LogP contribution in [-0.4, -0.2) is 25.2 Å². The van der Waals surface area contributed by atoms with Crippen molar-refractivity contribution < 1.29 is 19.1 Å². The number of esters is 2. The van der Waals surface area contributed by atoms with Crippen LogP contribution >= 0.6 is 0 Å². The van der Waals surface area contributed by atoms with Crippen molar-refractivity contribution in [1.82, 2.24) is 0 Å². The number of unbranched alkanes of at least 4 members (excludes halogenated alkanes) is 3. The first kappa shape index (κ1) is 24.2. The molecule has 0 aromatic carbocycles. The summed E-state index contributed by atoms with van der Waals surface area (Å²) in [6.07, 6.45) is 16.2. The largest absolute Gasteiger partial charge is 0.462 e. The maximum absolute atomic E-state index is 12.7. The van der Waals surface area contributed by atoms with Crippen LogP contribution in [0.1, 0.15) is 73.1 Å². The predicted octanol–water partition coefficient (Wildman–Crippen LogP) is 5.78. The van der Waals surface area contributed by atoms with Crippen molar-refractivity contribution in [3.63, 3.8) is 0 Å². The minimum absolute atomic E-state index is 0.0248. The summed E-state index contributed by atoms with van der Waals surface area (Å²) in [4.78, 5) is 25.4. The highest BCUT2D eigenvalue weighted by Crippen LogP contribution is 2.37. The number of hydrogen-bond donors (Lipinski definition) is 0. The van der Waals surface area contributed by atoms with E-state index in [1.165, 1.54) is 12.8 Å². The molecule has 0 aromatic heterocycles. The Kier molecular flexibility index (Phi) is 10.9. The van der Waals surface area contributed by atoms with Gasteiger partial charge in [-0.05, 0) is 24.7 Å². The van der Waals surface area contributed by atoms with E-state index in [0.29, 0.717) is 0 Å². The van der Waals surface area contributed by atoms with Crippen molar-refractivity contribution in [2.75, 3.05) is 13.2 Å². The third-order valence-corrected chi connectivity index (χ3v) is 4.64. The average molecular weight is 391 g/mol. The molecule has 0 aromatic rings. The maximum Gasteiger partial charge on any atom is 0.345 e. The van der Waals surface area contributed by atoms with Gasteiger partial charge in [0.25, 0.3) is 0 Å². The molecule has 0 spiro atoms. The molecule has 0 bridgehead atoms. The smallest absolute Gasteiger partial charge is 0.345 e. The van der Waals surface area contributed by atoms with E-state index in [4.69, 9.17) is 9.47 Å². The normalized spacial score (nSPS) is 18.4. The third-order valence-electron chi connectivity index (χ3n) is 4.64. The van der Waals surface area contributed by atoms with E-state index in [1.807, 2.05) is 39.8 Å². The van der Waals surface area contributed by atoms with Gasteiger partial charge in [0.2, 0.25) is 0 Å². The summed E-state index contributed by atoms with van der Waals surface area (Å²) in [6, 6.07) is 0. The lowest BCUT2D eigenvalue weighted by molar-refractivity contribution is -0.148. The molecule has 1 atom stereocenters. The molecule has 28 heavy (non-hydrogen) atoms. The lowest BCUT2D eigenvalue weighted by atomic mass is 9.76. The molecule has 0 heterocycles. The molecule has 0 N–H and O–H groups in total. The number of carbonyl (C=O) groups is 2. The zero-order valence-corrected chi connectivity index (χ0v) is 18.3. The lowest BCUT2D eigenvalue weighted by Gasteiger charge is -2.29. The van der Waals surface area contributed by atoms with Crippen LogP contribution in [-0.2, 0) is 19.1 Å². The second-order valence-electron chi connectivity index (χ2n) is 8.58. The van der Waals surface area contributed by atoms with Crippen LogP contribution in [0.2, 0.25) is 0 Å². The van der Waals surface area contributed by atoms with Crippen LogP contribution in [0.5, 0.6) is 0 Å². The van der Waals surface area contributed by atoms with Gasteiger partial charge in [-0.3, -0.25) is 0 Å². The van der Waals surface area contributed by atoms with Crippen LogP contribution < -0.4 is 0 Å². The van der Waals surface area contributed by atoms with Gasteiger partial charge in [0, 0.05) is 5.41 Å². The monoisotopic (exact) mass is 390 g/mol. The Labute approximate surface area is 171 Å². The molecule has 4 nitrogen and oxygen atoms in total. The number of carbonyl (C=O) groups excluding carboxylic acids is 2.